The van der Waals surface area contributed by atoms with Crippen molar-refractivity contribution in [3.8, 4) is 11.5 Å². The van der Waals surface area contributed by atoms with E-state index in [9.17, 15) is 19.5 Å². The molecule has 3 heterocycles. The zero-order valence-electron chi connectivity index (χ0n) is 15.5. The molecule has 2 amide bonds. The summed E-state index contributed by atoms with van der Waals surface area (Å²) in [6.45, 7) is 2.63. The van der Waals surface area contributed by atoms with Crippen LogP contribution in [0.1, 0.15) is 30.1 Å². The van der Waals surface area contributed by atoms with Gasteiger partial charge < -0.3 is 29.1 Å². The van der Waals surface area contributed by atoms with E-state index in [-0.39, 0.29) is 31.3 Å². The highest BCUT2D eigenvalue weighted by Crippen LogP contribution is 2.33. The molecule has 1 aromatic rings. The molecule has 0 bridgehead atoms. The number of fused-ring (bicyclic) bond motifs is 1. The molecular weight excluding hydrogens is 368 g/mol. The second-order valence-electron chi connectivity index (χ2n) is 7.24. The highest BCUT2D eigenvalue weighted by Gasteiger charge is 2.40. The Balaban J connectivity index is 1.50. The maximum absolute atomic E-state index is 13.1. The van der Waals surface area contributed by atoms with Gasteiger partial charge in [0.1, 0.15) is 6.04 Å². The number of aliphatic carboxylic acids is 1. The van der Waals surface area contributed by atoms with Crippen LogP contribution >= 0.6 is 0 Å². The van der Waals surface area contributed by atoms with Gasteiger partial charge in [-0.25, -0.2) is 4.79 Å². The van der Waals surface area contributed by atoms with Crippen molar-refractivity contribution in [2.24, 2.45) is 0 Å². The van der Waals surface area contributed by atoms with Crippen molar-refractivity contribution in [3.63, 3.8) is 0 Å². The first-order valence-corrected chi connectivity index (χ1v) is 9.31. The van der Waals surface area contributed by atoms with Gasteiger partial charge >= 0.3 is 5.97 Å². The van der Waals surface area contributed by atoms with Crippen LogP contribution in [-0.2, 0) is 14.3 Å². The van der Waals surface area contributed by atoms with Gasteiger partial charge in [-0.3, -0.25) is 9.59 Å². The summed E-state index contributed by atoms with van der Waals surface area (Å²) >= 11 is 0. The minimum atomic E-state index is -1.09. The fourth-order valence-electron chi connectivity index (χ4n) is 3.94. The Bertz CT molecular complexity index is 811. The number of amides is 2. The molecule has 9 nitrogen and oxygen atoms in total. The van der Waals surface area contributed by atoms with Crippen LogP contribution in [0, 0.1) is 0 Å². The monoisotopic (exact) mass is 390 g/mol. The van der Waals surface area contributed by atoms with Crippen LogP contribution in [-0.4, -0.2) is 77.4 Å². The molecule has 2 saturated heterocycles. The van der Waals surface area contributed by atoms with Gasteiger partial charge in [0.15, 0.2) is 17.6 Å². The zero-order chi connectivity index (χ0) is 19.8. The van der Waals surface area contributed by atoms with Gasteiger partial charge in [-0.1, -0.05) is 0 Å². The number of carbonyl (C=O) groups excluding carboxylic acids is 2. The third-order valence-electron chi connectivity index (χ3n) is 5.27. The van der Waals surface area contributed by atoms with Crippen molar-refractivity contribution in [3.05, 3.63) is 23.8 Å². The Morgan fingerprint density at radius 1 is 1.14 bits per heavy atom. The second-order valence-corrected chi connectivity index (χ2v) is 7.24. The molecule has 0 spiro atoms. The van der Waals surface area contributed by atoms with Crippen LogP contribution in [0.2, 0.25) is 0 Å². The Labute approximate surface area is 161 Å². The van der Waals surface area contributed by atoms with E-state index in [1.165, 1.54) is 4.90 Å². The number of carboxylic acid groups (broad SMARTS) is 1. The Kier molecular flexibility index (Phi) is 4.84. The van der Waals surface area contributed by atoms with Gasteiger partial charge in [0.25, 0.3) is 5.91 Å². The standard InChI is InChI=1S/C19H22N2O7/c1-11-8-20(9-16(28-11)19(24)25)18(23)13-3-2-6-21(13)17(22)12-4-5-14-15(7-12)27-10-26-14/h4-5,7,11,13,16H,2-3,6,8-10H2,1H3,(H,24,25)/t11-,13?,16?/m1/s1. The van der Waals surface area contributed by atoms with E-state index in [4.69, 9.17) is 14.2 Å². The Morgan fingerprint density at radius 2 is 1.93 bits per heavy atom. The number of ether oxygens (including phenoxy) is 3. The lowest BCUT2D eigenvalue weighted by molar-refractivity contribution is -0.167. The van der Waals surface area contributed by atoms with E-state index in [1.807, 2.05) is 0 Å². The summed E-state index contributed by atoms with van der Waals surface area (Å²) in [6, 6.07) is 4.37. The number of carboxylic acids is 1. The van der Waals surface area contributed by atoms with Gasteiger partial charge in [-0.05, 0) is 38.0 Å². The van der Waals surface area contributed by atoms with E-state index < -0.39 is 18.1 Å². The maximum Gasteiger partial charge on any atom is 0.334 e. The van der Waals surface area contributed by atoms with Gasteiger partial charge in [-0.15, -0.1) is 0 Å². The lowest BCUT2D eigenvalue weighted by Gasteiger charge is -2.37. The molecule has 3 aliphatic rings. The molecule has 1 N–H and O–H groups in total. The maximum atomic E-state index is 13.1. The summed E-state index contributed by atoms with van der Waals surface area (Å²) in [6.07, 6.45) is -0.154. The molecular formula is C19H22N2O7. The van der Waals surface area contributed by atoms with Crippen LogP contribution in [0.25, 0.3) is 0 Å². The third-order valence-corrected chi connectivity index (χ3v) is 5.27. The molecule has 0 saturated carbocycles. The molecule has 0 aromatic heterocycles. The third kappa shape index (κ3) is 3.37. The average Bonchev–Trinajstić information content (AvgIpc) is 3.34. The molecule has 2 unspecified atom stereocenters. The van der Waals surface area contributed by atoms with Crippen LogP contribution in [0.5, 0.6) is 11.5 Å². The number of nitrogens with zero attached hydrogens (tertiary/aromatic N) is 2. The van der Waals surface area contributed by atoms with E-state index in [1.54, 1.807) is 30.0 Å². The minimum Gasteiger partial charge on any atom is -0.479 e. The average molecular weight is 390 g/mol. The van der Waals surface area contributed by atoms with Crippen molar-refractivity contribution in [1.82, 2.24) is 9.80 Å². The largest absolute Gasteiger partial charge is 0.479 e. The molecule has 4 rings (SSSR count). The molecule has 0 radical (unpaired) electrons. The van der Waals surface area contributed by atoms with Crippen LogP contribution in [0.3, 0.4) is 0 Å². The number of rotatable bonds is 3. The summed E-state index contributed by atoms with van der Waals surface area (Å²) < 4.78 is 16.0. The van der Waals surface area contributed by atoms with Crippen LogP contribution in [0.15, 0.2) is 18.2 Å². The molecule has 3 aliphatic heterocycles. The molecule has 28 heavy (non-hydrogen) atoms. The lowest BCUT2D eigenvalue weighted by Crippen LogP contribution is -2.56. The number of likely N-dealkylation sites (tertiary alicyclic amines) is 1. The summed E-state index contributed by atoms with van der Waals surface area (Å²) in [5, 5.41) is 9.24. The van der Waals surface area contributed by atoms with Crippen molar-refractivity contribution in [2.45, 2.75) is 38.0 Å². The van der Waals surface area contributed by atoms with Crippen molar-refractivity contribution >= 4 is 17.8 Å². The topological polar surface area (TPSA) is 106 Å². The first kappa shape index (κ1) is 18.5. The molecule has 9 heteroatoms. The van der Waals surface area contributed by atoms with Crippen LogP contribution in [0.4, 0.5) is 0 Å². The Hall–Kier alpha value is -2.81. The highest BCUT2D eigenvalue weighted by atomic mass is 16.7. The number of hydrogen-bond acceptors (Lipinski definition) is 6. The zero-order valence-corrected chi connectivity index (χ0v) is 15.5. The normalized spacial score (nSPS) is 26.4. The number of carbonyl (C=O) groups is 3. The van der Waals surface area contributed by atoms with Gasteiger partial charge in [0, 0.05) is 18.7 Å². The van der Waals surface area contributed by atoms with Crippen molar-refractivity contribution < 1.29 is 33.7 Å². The molecule has 3 atom stereocenters. The second kappa shape index (κ2) is 7.31. The van der Waals surface area contributed by atoms with Crippen molar-refractivity contribution in [1.29, 1.82) is 0 Å². The summed E-state index contributed by atoms with van der Waals surface area (Å²) in [5.41, 5.74) is 0.433. The fourth-order valence-corrected chi connectivity index (χ4v) is 3.94. The van der Waals surface area contributed by atoms with Crippen molar-refractivity contribution in [2.75, 3.05) is 26.4 Å². The first-order valence-electron chi connectivity index (χ1n) is 9.31. The molecule has 1 aromatic carbocycles. The SMILES string of the molecule is C[C@@H]1CN(C(=O)C2CCCN2C(=O)c2ccc3c(c2)OCO3)CC(C(=O)O)O1. The smallest absolute Gasteiger partial charge is 0.334 e. The minimum absolute atomic E-state index is 0.0128. The number of benzene rings is 1. The van der Waals surface area contributed by atoms with E-state index >= 15 is 0 Å². The number of morpholine rings is 1. The quantitative estimate of drug-likeness (QED) is 0.811. The van der Waals surface area contributed by atoms with E-state index in [2.05, 4.69) is 0 Å². The summed E-state index contributed by atoms with van der Waals surface area (Å²) in [4.78, 5) is 40.5. The Morgan fingerprint density at radius 3 is 2.71 bits per heavy atom. The highest BCUT2D eigenvalue weighted by molar-refractivity contribution is 5.98. The van der Waals surface area contributed by atoms with Crippen LogP contribution < -0.4 is 9.47 Å². The first-order chi connectivity index (χ1) is 13.4. The molecule has 0 aliphatic carbocycles. The lowest BCUT2D eigenvalue weighted by atomic mass is 10.1. The summed E-state index contributed by atoms with van der Waals surface area (Å²) in [7, 11) is 0. The predicted octanol–water partition coefficient (Wildman–Crippen LogP) is 0.720. The molecule has 2 fully saturated rings. The van der Waals surface area contributed by atoms with E-state index in [0.717, 1.165) is 6.42 Å². The number of hydrogen-bond donors (Lipinski definition) is 1. The fraction of sp³-hybridized carbons (Fsp3) is 0.526. The van der Waals surface area contributed by atoms with Gasteiger partial charge in [0.2, 0.25) is 12.7 Å². The van der Waals surface area contributed by atoms with Gasteiger partial charge in [-0.2, -0.15) is 0 Å². The predicted molar refractivity (Wildman–Crippen MR) is 95.2 cm³/mol. The van der Waals surface area contributed by atoms with E-state index in [0.29, 0.717) is 36.6 Å². The summed E-state index contributed by atoms with van der Waals surface area (Å²) in [5.74, 6) is -0.464. The van der Waals surface area contributed by atoms with Gasteiger partial charge in [0.05, 0.1) is 12.6 Å². The molecule has 150 valence electrons.